The van der Waals surface area contributed by atoms with Gasteiger partial charge in [-0.3, -0.25) is 14.4 Å². The Kier molecular flexibility index (Phi) is 6.94. The van der Waals surface area contributed by atoms with Gasteiger partial charge in [-0.2, -0.15) is 13.2 Å². The summed E-state index contributed by atoms with van der Waals surface area (Å²) in [5.41, 5.74) is -1.04. The van der Waals surface area contributed by atoms with Crippen LogP contribution in [0.15, 0.2) is 24.3 Å². The zero-order valence-corrected chi connectivity index (χ0v) is 13.4. The van der Waals surface area contributed by atoms with Crippen molar-refractivity contribution in [1.29, 1.82) is 0 Å². The van der Waals surface area contributed by atoms with Crippen LogP contribution < -0.4 is 4.90 Å². The molecule has 0 saturated heterocycles. The molecule has 1 aromatic carbocycles. The number of Topliss-reactive ketones (excluding diaryl/α,β-unsaturated/α-hetero) is 1. The maximum absolute atomic E-state index is 12.8. The highest BCUT2D eigenvalue weighted by molar-refractivity contribution is 6.06. The third-order valence-electron chi connectivity index (χ3n) is 3.12. The van der Waals surface area contributed by atoms with E-state index >= 15 is 0 Å². The second-order valence-corrected chi connectivity index (χ2v) is 4.90. The normalized spacial score (nSPS) is 11.0. The number of alkyl halides is 3. The first-order valence-electron chi connectivity index (χ1n) is 7.34. The third-order valence-corrected chi connectivity index (χ3v) is 3.12. The maximum atomic E-state index is 12.8. The number of ketones is 1. The van der Waals surface area contributed by atoms with Crippen LogP contribution in [-0.2, 0) is 25.3 Å². The van der Waals surface area contributed by atoms with Gasteiger partial charge in [0.25, 0.3) is 0 Å². The number of esters is 1. The van der Waals surface area contributed by atoms with E-state index in [0.29, 0.717) is 0 Å². The van der Waals surface area contributed by atoms with Crippen molar-refractivity contribution in [3.05, 3.63) is 29.8 Å². The Hall–Kier alpha value is -2.38. The van der Waals surface area contributed by atoms with Crippen LogP contribution in [-0.4, -0.2) is 30.8 Å². The molecule has 1 rings (SSSR count). The lowest BCUT2D eigenvalue weighted by Crippen LogP contribution is -2.37. The first-order valence-corrected chi connectivity index (χ1v) is 7.34. The van der Waals surface area contributed by atoms with E-state index in [1.165, 1.54) is 6.07 Å². The van der Waals surface area contributed by atoms with E-state index in [-0.39, 0.29) is 24.5 Å². The van der Waals surface area contributed by atoms with Gasteiger partial charge < -0.3 is 9.64 Å². The molecule has 0 saturated carbocycles. The highest BCUT2D eigenvalue weighted by Crippen LogP contribution is 2.31. The van der Waals surface area contributed by atoms with Crippen molar-refractivity contribution < 1.29 is 32.3 Å². The third kappa shape index (κ3) is 5.68. The van der Waals surface area contributed by atoms with Crippen LogP contribution in [0.2, 0.25) is 0 Å². The van der Waals surface area contributed by atoms with Crippen molar-refractivity contribution >= 4 is 23.3 Å². The fourth-order valence-electron chi connectivity index (χ4n) is 1.89. The summed E-state index contributed by atoms with van der Waals surface area (Å²) in [6, 6.07) is 4.05. The van der Waals surface area contributed by atoms with Crippen LogP contribution in [0.1, 0.15) is 32.3 Å². The Labute approximate surface area is 137 Å². The van der Waals surface area contributed by atoms with Gasteiger partial charge in [0.1, 0.15) is 6.42 Å². The summed E-state index contributed by atoms with van der Waals surface area (Å²) >= 11 is 0. The first-order chi connectivity index (χ1) is 11.2. The molecule has 132 valence electrons. The van der Waals surface area contributed by atoms with Gasteiger partial charge in [-0.15, -0.1) is 0 Å². The molecular weight excluding hydrogens is 327 g/mol. The number of benzene rings is 1. The molecule has 0 unspecified atom stereocenters. The zero-order chi connectivity index (χ0) is 18.3. The number of halogens is 3. The average Bonchev–Trinajstić information content (AvgIpc) is 2.51. The minimum Gasteiger partial charge on any atom is -0.466 e. The molecule has 0 aliphatic heterocycles. The van der Waals surface area contributed by atoms with Gasteiger partial charge in [0.2, 0.25) is 5.91 Å². The first kappa shape index (κ1) is 19.7. The Balaban J connectivity index is 3.12. The predicted octanol–water partition coefficient (Wildman–Crippen LogP) is 2.97. The molecule has 0 aromatic heterocycles. The lowest BCUT2D eigenvalue weighted by Gasteiger charge is -2.22. The van der Waals surface area contributed by atoms with Gasteiger partial charge in [0, 0.05) is 12.1 Å². The molecule has 1 aromatic rings. The molecule has 0 radical (unpaired) electrons. The molecule has 0 bridgehead atoms. The van der Waals surface area contributed by atoms with E-state index in [9.17, 15) is 27.6 Å². The fraction of sp³-hybridized carbons (Fsp3) is 0.438. The molecule has 1 amide bonds. The van der Waals surface area contributed by atoms with Crippen molar-refractivity contribution in [3.63, 3.8) is 0 Å². The Bertz CT molecular complexity index is 614. The molecule has 0 N–H and O–H groups in total. The number of carbonyl (C=O) groups excluding carboxylic acids is 3. The number of nitrogens with zero attached hydrogens (tertiary/aromatic N) is 1. The summed E-state index contributed by atoms with van der Waals surface area (Å²) in [6.45, 7) is 2.80. The van der Waals surface area contributed by atoms with E-state index in [4.69, 9.17) is 0 Å². The summed E-state index contributed by atoms with van der Waals surface area (Å²) in [6.07, 6.45) is -5.12. The largest absolute Gasteiger partial charge is 0.466 e. The maximum Gasteiger partial charge on any atom is 0.416 e. The zero-order valence-electron chi connectivity index (χ0n) is 13.4. The average molecular weight is 345 g/mol. The number of carbonyl (C=O) groups is 3. The number of amides is 1. The second-order valence-electron chi connectivity index (χ2n) is 4.90. The van der Waals surface area contributed by atoms with Crippen LogP contribution in [0.5, 0.6) is 0 Å². The highest BCUT2D eigenvalue weighted by atomic mass is 19.4. The molecule has 0 heterocycles. The summed E-state index contributed by atoms with van der Waals surface area (Å²) in [5.74, 6) is -1.94. The summed E-state index contributed by atoms with van der Waals surface area (Å²) in [4.78, 5) is 36.2. The van der Waals surface area contributed by atoms with Crippen molar-refractivity contribution in [1.82, 2.24) is 0 Å². The lowest BCUT2D eigenvalue weighted by molar-refractivity contribution is -0.145. The SMILES string of the molecule is CCOC(=O)CC(=O)N(CC(=O)CC)c1cccc(C(F)(F)F)c1. The lowest BCUT2D eigenvalue weighted by atomic mass is 10.1. The molecule has 8 heteroatoms. The Morgan fingerprint density at radius 2 is 1.83 bits per heavy atom. The fourth-order valence-corrected chi connectivity index (χ4v) is 1.89. The van der Waals surface area contributed by atoms with Crippen LogP contribution in [0, 0.1) is 0 Å². The predicted molar refractivity (Wildman–Crippen MR) is 80.3 cm³/mol. The molecule has 0 atom stereocenters. The highest BCUT2D eigenvalue weighted by Gasteiger charge is 2.31. The van der Waals surface area contributed by atoms with Gasteiger partial charge in [0.05, 0.1) is 18.7 Å². The van der Waals surface area contributed by atoms with E-state index in [2.05, 4.69) is 4.74 Å². The van der Waals surface area contributed by atoms with E-state index < -0.39 is 36.6 Å². The van der Waals surface area contributed by atoms with Crippen LogP contribution in [0.4, 0.5) is 18.9 Å². The van der Waals surface area contributed by atoms with Crippen LogP contribution >= 0.6 is 0 Å². The topological polar surface area (TPSA) is 63.7 Å². The number of hydrogen-bond donors (Lipinski definition) is 0. The van der Waals surface area contributed by atoms with Crippen molar-refractivity contribution in [2.75, 3.05) is 18.1 Å². The Morgan fingerprint density at radius 3 is 2.38 bits per heavy atom. The smallest absolute Gasteiger partial charge is 0.416 e. The summed E-state index contributed by atoms with van der Waals surface area (Å²) < 4.78 is 43.1. The summed E-state index contributed by atoms with van der Waals surface area (Å²) in [7, 11) is 0. The minimum absolute atomic E-state index is 0.0730. The van der Waals surface area contributed by atoms with Gasteiger partial charge in [-0.05, 0) is 25.1 Å². The standard InChI is InChI=1S/C16H18F3NO4/c1-3-13(21)10-20(14(22)9-15(23)24-4-2)12-7-5-6-11(8-12)16(17,18)19/h5-8H,3-4,9-10H2,1-2H3. The molecule has 24 heavy (non-hydrogen) atoms. The Morgan fingerprint density at radius 1 is 1.17 bits per heavy atom. The molecule has 0 aliphatic carbocycles. The van der Waals surface area contributed by atoms with E-state index in [0.717, 1.165) is 23.1 Å². The second kappa shape index (κ2) is 8.47. The molecule has 0 fully saturated rings. The molecule has 0 spiro atoms. The van der Waals surface area contributed by atoms with Gasteiger partial charge in [-0.1, -0.05) is 13.0 Å². The quantitative estimate of drug-likeness (QED) is 0.563. The minimum atomic E-state index is -4.58. The van der Waals surface area contributed by atoms with Gasteiger partial charge in [0.15, 0.2) is 5.78 Å². The summed E-state index contributed by atoms with van der Waals surface area (Å²) in [5, 5.41) is 0. The number of ether oxygens (including phenoxy) is 1. The van der Waals surface area contributed by atoms with E-state index in [1.807, 2.05) is 0 Å². The van der Waals surface area contributed by atoms with Crippen LogP contribution in [0.3, 0.4) is 0 Å². The van der Waals surface area contributed by atoms with Gasteiger partial charge >= 0.3 is 12.1 Å². The van der Waals surface area contributed by atoms with Crippen molar-refractivity contribution in [2.24, 2.45) is 0 Å². The van der Waals surface area contributed by atoms with Gasteiger partial charge in [-0.25, -0.2) is 0 Å². The number of rotatable bonds is 7. The number of anilines is 1. The van der Waals surface area contributed by atoms with Crippen molar-refractivity contribution in [2.45, 2.75) is 32.9 Å². The number of hydrogen-bond acceptors (Lipinski definition) is 4. The molecule has 5 nitrogen and oxygen atoms in total. The monoisotopic (exact) mass is 345 g/mol. The van der Waals surface area contributed by atoms with E-state index in [1.54, 1.807) is 13.8 Å². The molecular formula is C16H18F3NO4. The van der Waals surface area contributed by atoms with Crippen LogP contribution in [0.25, 0.3) is 0 Å². The molecule has 0 aliphatic rings. The van der Waals surface area contributed by atoms with Crippen molar-refractivity contribution in [3.8, 4) is 0 Å².